The number of rotatable bonds is 1. The van der Waals surface area contributed by atoms with E-state index < -0.39 is 0 Å². The fourth-order valence-corrected chi connectivity index (χ4v) is 1.64. The third kappa shape index (κ3) is 1.28. The van der Waals surface area contributed by atoms with E-state index in [-0.39, 0.29) is 5.92 Å². The zero-order valence-corrected chi connectivity index (χ0v) is 7.79. The van der Waals surface area contributed by atoms with Crippen LogP contribution in [0.25, 0.3) is 11.0 Å². The van der Waals surface area contributed by atoms with E-state index in [1.807, 2.05) is 30.5 Å². The Morgan fingerprint density at radius 2 is 2.27 bits per heavy atom. The lowest BCUT2D eigenvalue weighted by Gasteiger charge is -2.10. The van der Waals surface area contributed by atoms with Crippen molar-refractivity contribution in [3.8, 4) is 0 Å². The predicted molar refractivity (Wildman–Crippen MR) is 55.3 cm³/mol. The van der Waals surface area contributed by atoms with Crippen LogP contribution in [-0.2, 0) is 0 Å². The summed E-state index contributed by atoms with van der Waals surface area (Å²) < 4.78 is 4.71. The quantitative estimate of drug-likeness (QED) is 0.755. The topological polar surface area (TPSA) is 63.3 Å². The Morgan fingerprint density at radius 1 is 1.27 bits per heavy atom. The molecule has 0 fully saturated rings. The Balaban J connectivity index is 2.17. The van der Waals surface area contributed by atoms with Crippen molar-refractivity contribution in [3.63, 3.8) is 0 Å². The van der Waals surface area contributed by atoms with Gasteiger partial charge in [0.1, 0.15) is 11.0 Å². The highest BCUT2D eigenvalue weighted by atomic mass is 16.6. The van der Waals surface area contributed by atoms with Crippen molar-refractivity contribution in [1.29, 1.82) is 0 Å². The lowest BCUT2D eigenvalue weighted by molar-refractivity contribution is 0.315. The summed E-state index contributed by atoms with van der Waals surface area (Å²) in [6, 6.07) is 5.81. The SMILES string of the molecule is C1=CC(c2cccc3nonc23)C=NN1. The van der Waals surface area contributed by atoms with Gasteiger partial charge in [0.15, 0.2) is 0 Å². The fraction of sp³-hybridized carbons (Fsp3) is 0.100. The second-order valence-electron chi connectivity index (χ2n) is 3.27. The highest BCUT2D eigenvalue weighted by molar-refractivity contribution is 5.84. The van der Waals surface area contributed by atoms with Crippen LogP contribution >= 0.6 is 0 Å². The first kappa shape index (κ1) is 8.16. The van der Waals surface area contributed by atoms with Gasteiger partial charge >= 0.3 is 0 Å². The van der Waals surface area contributed by atoms with Gasteiger partial charge in [-0.3, -0.25) is 5.43 Å². The summed E-state index contributed by atoms with van der Waals surface area (Å²) in [4.78, 5) is 0. The number of hydrogen-bond donors (Lipinski definition) is 1. The van der Waals surface area contributed by atoms with Crippen molar-refractivity contribution >= 4 is 17.2 Å². The number of nitrogens with zero attached hydrogens (tertiary/aromatic N) is 3. The molecule has 1 atom stereocenters. The summed E-state index contributed by atoms with van der Waals surface area (Å²) in [7, 11) is 0. The molecule has 2 aromatic rings. The van der Waals surface area contributed by atoms with Gasteiger partial charge in [-0.1, -0.05) is 18.2 Å². The summed E-state index contributed by atoms with van der Waals surface area (Å²) >= 11 is 0. The van der Waals surface area contributed by atoms with Crippen molar-refractivity contribution in [2.75, 3.05) is 0 Å². The molecule has 0 saturated carbocycles. The highest BCUT2D eigenvalue weighted by Gasteiger charge is 2.14. The molecule has 1 aliphatic heterocycles. The number of hydrogen-bond acceptors (Lipinski definition) is 5. The van der Waals surface area contributed by atoms with Crippen molar-refractivity contribution in [2.45, 2.75) is 5.92 Å². The summed E-state index contributed by atoms with van der Waals surface area (Å²) in [5, 5.41) is 11.7. The maximum absolute atomic E-state index is 4.71. The summed E-state index contributed by atoms with van der Waals surface area (Å²) in [5.41, 5.74) is 5.37. The van der Waals surface area contributed by atoms with Crippen molar-refractivity contribution in [1.82, 2.24) is 15.7 Å². The molecule has 1 unspecified atom stereocenters. The smallest absolute Gasteiger partial charge is 0.139 e. The predicted octanol–water partition coefficient (Wildman–Crippen LogP) is 1.41. The number of benzene rings is 1. The van der Waals surface area contributed by atoms with E-state index in [0.717, 1.165) is 16.6 Å². The number of aromatic nitrogens is 2. The van der Waals surface area contributed by atoms with E-state index in [2.05, 4.69) is 20.8 Å². The van der Waals surface area contributed by atoms with Crippen LogP contribution in [0.2, 0.25) is 0 Å². The van der Waals surface area contributed by atoms with Gasteiger partial charge in [0, 0.05) is 18.3 Å². The van der Waals surface area contributed by atoms with Crippen molar-refractivity contribution < 1.29 is 4.63 Å². The highest BCUT2D eigenvalue weighted by Crippen LogP contribution is 2.23. The van der Waals surface area contributed by atoms with E-state index in [4.69, 9.17) is 4.63 Å². The lowest BCUT2D eigenvalue weighted by atomic mass is 9.98. The zero-order chi connectivity index (χ0) is 10.1. The molecule has 1 aliphatic rings. The van der Waals surface area contributed by atoms with Crippen LogP contribution in [0, 0.1) is 0 Å². The van der Waals surface area contributed by atoms with E-state index >= 15 is 0 Å². The largest absolute Gasteiger partial charge is 0.286 e. The molecule has 1 N–H and O–H groups in total. The van der Waals surface area contributed by atoms with E-state index in [1.54, 1.807) is 6.20 Å². The minimum absolute atomic E-state index is 0.127. The lowest BCUT2D eigenvalue weighted by Crippen LogP contribution is -2.07. The van der Waals surface area contributed by atoms with Gasteiger partial charge in [-0.15, -0.1) is 0 Å². The molecular weight excluding hydrogens is 192 g/mol. The minimum atomic E-state index is 0.127. The molecule has 5 nitrogen and oxygen atoms in total. The van der Waals surface area contributed by atoms with Crippen molar-refractivity contribution in [3.05, 3.63) is 36.0 Å². The summed E-state index contributed by atoms with van der Waals surface area (Å²) in [6.07, 6.45) is 5.64. The fourth-order valence-electron chi connectivity index (χ4n) is 1.64. The average molecular weight is 200 g/mol. The van der Waals surface area contributed by atoms with Crippen LogP contribution in [0.5, 0.6) is 0 Å². The molecule has 5 heteroatoms. The maximum atomic E-state index is 4.71. The zero-order valence-electron chi connectivity index (χ0n) is 7.79. The first-order valence-corrected chi connectivity index (χ1v) is 4.62. The number of hydrazone groups is 1. The van der Waals surface area contributed by atoms with Gasteiger partial charge in [0.25, 0.3) is 0 Å². The van der Waals surface area contributed by atoms with Crippen LogP contribution in [0.15, 0.2) is 40.2 Å². The monoisotopic (exact) mass is 200 g/mol. The van der Waals surface area contributed by atoms with Gasteiger partial charge in [-0.2, -0.15) is 5.10 Å². The summed E-state index contributed by atoms with van der Waals surface area (Å²) in [5.74, 6) is 0.127. The Morgan fingerprint density at radius 3 is 3.13 bits per heavy atom. The van der Waals surface area contributed by atoms with Crippen LogP contribution < -0.4 is 5.43 Å². The molecule has 1 aromatic carbocycles. The van der Waals surface area contributed by atoms with Crippen molar-refractivity contribution in [2.24, 2.45) is 5.10 Å². The van der Waals surface area contributed by atoms with Gasteiger partial charge in [-0.25, -0.2) is 4.63 Å². The Bertz CT molecular complexity index is 531. The van der Waals surface area contributed by atoms with E-state index in [0.29, 0.717) is 0 Å². The van der Waals surface area contributed by atoms with Crippen LogP contribution in [0.1, 0.15) is 11.5 Å². The number of fused-ring (bicyclic) bond motifs is 1. The molecule has 74 valence electrons. The van der Waals surface area contributed by atoms with E-state index in [1.165, 1.54) is 0 Å². The van der Waals surface area contributed by atoms with E-state index in [9.17, 15) is 0 Å². The third-order valence-corrected chi connectivity index (χ3v) is 2.36. The third-order valence-electron chi connectivity index (χ3n) is 2.36. The molecule has 0 saturated heterocycles. The molecule has 1 aromatic heterocycles. The molecule has 0 radical (unpaired) electrons. The first-order chi connectivity index (χ1) is 7.45. The molecule has 0 bridgehead atoms. The maximum Gasteiger partial charge on any atom is 0.139 e. The van der Waals surface area contributed by atoms with Gasteiger partial charge < -0.3 is 0 Å². The minimum Gasteiger partial charge on any atom is -0.286 e. The van der Waals surface area contributed by atoms with Crippen LogP contribution in [-0.4, -0.2) is 16.5 Å². The Kier molecular flexibility index (Phi) is 1.74. The molecule has 2 heterocycles. The second-order valence-corrected chi connectivity index (χ2v) is 3.27. The normalized spacial score (nSPS) is 19.3. The number of nitrogens with one attached hydrogen (secondary N) is 1. The number of allylic oxidation sites excluding steroid dienone is 1. The Labute approximate surface area is 85.4 Å². The standard InChI is InChI=1S/C10H8N4O/c1-2-8(7-4-5-11-12-6-7)10-9(3-1)13-15-14-10/h1-7,11H. The average Bonchev–Trinajstić information content (AvgIpc) is 2.78. The molecule has 15 heavy (non-hydrogen) atoms. The molecular formula is C10H8N4O. The van der Waals surface area contributed by atoms with Gasteiger partial charge in [0.2, 0.25) is 0 Å². The molecule has 3 rings (SSSR count). The van der Waals surface area contributed by atoms with Gasteiger partial charge in [-0.05, 0) is 21.9 Å². The van der Waals surface area contributed by atoms with Crippen LogP contribution in [0.3, 0.4) is 0 Å². The summed E-state index contributed by atoms with van der Waals surface area (Å²) in [6.45, 7) is 0. The molecule has 0 amide bonds. The van der Waals surface area contributed by atoms with Gasteiger partial charge in [0.05, 0.1) is 0 Å². The second kappa shape index (κ2) is 3.20. The van der Waals surface area contributed by atoms with Crippen LogP contribution in [0.4, 0.5) is 0 Å². The Hall–Kier alpha value is -2.17. The first-order valence-electron chi connectivity index (χ1n) is 4.62. The molecule has 0 spiro atoms. The molecule has 0 aliphatic carbocycles.